The van der Waals surface area contributed by atoms with E-state index in [2.05, 4.69) is 10.3 Å². The number of aliphatic carboxylic acids is 1. The molecule has 0 radical (unpaired) electrons. The Balaban J connectivity index is 2.36. The molecule has 1 aromatic carbocycles. The van der Waals surface area contributed by atoms with Gasteiger partial charge in [-0.2, -0.15) is 0 Å². The molecule has 1 aromatic rings. The molecule has 0 bridgehead atoms. The molecule has 1 aliphatic rings. The van der Waals surface area contributed by atoms with Gasteiger partial charge in [-0.15, -0.1) is 0 Å². The molecular weight excluding hydrogens is 260 g/mol. The maximum Gasteiger partial charge on any atom is 0.334 e. The van der Waals surface area contributed by atoms with Gasteiger partial charge in [0.25, 0.3) is 0 Å². The molecule has 2 N–H and O–H groups in total. The Morgan fingerprint density at radius 2 is 2.05 bits per heavy atom. The zero-order valence-corrected chi connectivity index (χ0v) is 11.3. The first kappa shape index (κ1) is 14.0. The number of aliphatic imine (C=N–C) groups is 1. The first-order chi connectivity index (χ1) is 9.49. The van der Waals surface area contributed by atoms with Gasteiger partial charge >= 0.3 is 11.9 Å². The van der Waals surface area contributed by atoms with E-state index in [9.17, 15) is 14.7 Å². The summed E-state index contributed by atoms with van der Waals surface area (Å²) in [5.74, 6) is -1.41. The molecule has 2 atom stereocenters. The van der Waals surface area contributed by atoms with Crippen molar-refractivity contribution in [3.8, 4) is 0 Å². The Kier molecular flexibility index (Phi) is 3.74. The number of carboxylic acid groups (broad SMARTS) is 1. The number of amidine groups is 1. The van der Waals surface area contributed by atoms with Gasteiger partial charge in [0.1, 0.15) is 5.84 Å². The number of rotatable bonds is 4. The van der Waals surface area contributed by atoms with Crippen molar-refractivity contribution in [2.45, 2.75) is 25.4 Å². The molecule has 0 saturated heterocycles. The van der Waals surface area contributed by atoms with Crippen molar-refractivity contribution in [1.82, 2.24) is 5.32 Å². The van der Waals surface area contributed by atoms with Gasteiger partial charge in [0.05, 0.1) is 6.61 Å². The average Bonchev–Trinajstić information content (AvgIpc) is 2.80. The van der Waals surface area contributed by atoms with Crippen LogP contribution in [0.25, 0.3) is 0 Å². The van der Waals surface area contributed by atoms with Gasteiger partial charge in [0, 0.05) is 5.56 Å². The molecule has 1 heterocycles. The van der Waals surface area contributed by atoms with Gasteiger partial charge in [0.15, 0.2) is 11.6 Å². The Morgan fingerprint density at radius 1 is 1.40 bits per heavy atom. The number of benzene rings is 1. The predicted octanol–water partition coefficient (Wildman–Crippen LogP) is 0.811. The molecule has 0 aliphatic carbocycles. The van der Waals surface area contributed by atoms with Gasteiger partial charge in [0.2, 0.25) is 0 Å². The van der Waals surface area contributed by atoms with E-state index in [1.54, 1.807) is 19.1 Å². The van der Waals surface area contributed by atoms with E-state index in [1.807, 2.05) is 18.2 Å². The number of hydrogen-bond acceptors (Lipinski definition) is 5. The van der Waals surface area contributed by atoms with E-state index in [-0.39, 0.29) is 6.61 Å². The van der Waals surface area contributed by atoms with Crippen LogP contribution in [-0.2, 0) is 14.3 Å². The lowest BCUT2D eigenvalue weighted by Gasteiger charge is -2.24. The zero-order valence-electron chi connectivity index (χ0n) is 11.3. The van der Waals surface area contributed by atoms with E-state index in [1.165, 1.54) is 6.92 Å². The van der Waals surface area contributed by atoms with E-state index in [0.29, 0.717) is 5.84 Å². The second kappa shape index (κ2) is 5.32. The Morgan fingerprint density at radius 3 is 2.60 bits per heavy atom. The summed E-state index contributed by atoms with van der Waals surface area (Å²) >= 11 is 0. The van der Waals surface area contributed by atoms with Crippen LogP contribution >= 0.6 is 0 Å². The number of hydrogen-bond donors (Lipinski definition) is 2. The number of nitrogens with one attached hydrogen (secondary N) is 1. The second-order valence-corrected chi connectivity index (χ2v) is 4.63. The molecule has 2 rings (SSSR count). The first-order valence-corrected chi connectivity index (χ1v) is 6.30. The molecule has 0 aromatic heterocycles. The van der Waals surface area contributed by atoms with Crippen LogP contribution in [0.3, 0.4) is 0 Å². The minimum atomic E-state index is -1.50. The van der Waals surface area contributed by atoms with Crippen molar-refractivity contribution in [3.63, 3.8) is 0 Å². The van der Waals surface area contributed by atoms with Crippen LogP contribution in [0.2, 0.25) is 0 Å². The highest BCUT2D eigenvalue weighted by Gasteiger charge is 2.51. The predicted molar refractivity (Wildman–Crippen MR) is 72.6 cm³/mol. The smallest absolute Gasteiger partial charge is 0.334 e. The van der Waals surface area contributed by atoms with Gasteiger partial charge in [-0.25, -0.2) is 14.6 Å². The second-order valence-electron chi connectivity index (χ2n) is 4.63. The number of carboxylic acids is 1. The largest absolute Gasteiger partial charge is 0.479 e. The monoisotopic (exact) mass is 276 g/mol. The molecule has 6 heteroatoms. The normalized spacial score (nSPS) is 24.7. The van der Waals surface area contributed by atoms with Gasteiger partial charge < -0.3 is 15.2 Å². The molecule has 106 valence electrons. The zero-order chi connectivity index (χ0) is 14.8. The number of esters is 1. The van der Waals surface area contributed by atoms with Crippen molar-refractivity contribution in [2.24, 2.45) is 4.99 Å². The molecule has 6 nitrogen and oxygen atoms in total. The standard InChI is InChI=1S/C14H16N2O4/c1-3-20-12(17)10-14(2,13(18)19)16-11(15-10)9-7-5-4-6-8-9/h4-8,10H,3H2,1-2H3,(H,15,16)(H,18,19). The summed E-state index contributed by atoms with van der Waals surface area (Å²) in [6.07, 6.45) is 0. The number of carbonyl (C=O) groups excluding carboxylic acids is 1. The first-order valence-electron chi connectivity index (χ1n) is 6.30. The molecule has 0 saturated carbocycles. The van der Waals surface area contributed by atoms with E-state index < -0.39 is 23.5 Å². The van der Waals surface area contributed by atoms with Crippen molar-refractivity contribution in [3.05, 3.63) is 35.9 Å². The van der Waals surface area contributed by atoms with Crippen molar-refractivity contribution in [1.29, 1.82) is 0 Å². The molecular formula is C14H16N2O4. The fraction of sp³-hybridized carbons (Fsp3) is 0.357. The van der Waals surface area contributed by atoms with Crippen LogP contribution in [0.1, 0.15) is 19.4 Å². The van der Waals surface area contributed by atoms with E-state index >= 15 is 0 Å². The van der Waals surface area contributed by atoms with Crippen molar-refractivity contribution < 1.29 is 19.4 Å². The Hall–Kier alpha value is -2.37. The third-order valence-electron chi connectivity index (χ3n) is 3.18. The lowest BCUT2D eigenvalue weighted by Crippen LogP contribution is -2.57. The van der Waals surface area contributed by atoms with Crippen LogP contribution in [-0.4, -0.2) is 41.1 Å². The summed E-state index contributed by atoms with van der Waals surface area (Å²) in [5, 5.41) is 12.2. The third kappa shape index (κ3) is 2.36. The quantitative estimate of drug-likeness (QED) is 0.795. The highest BCUT2D eigenvalue weighted by molar-refractivity contribution is 6.07. The fourth-order valence-electron chi connectivity index (χ4n) is 2.03. The summed E-state index contributed by atoms with van der Waals surface area (Å²) in [6, 6.07) is 7.96. The maximum atomic E-state index is 11.9. The van der Waals surface area contributed by atoms with Crippen LogP contribution in [0.5, 0.6) is 0 Å². The lowest BCUT2D eigenvalue weighted by molar-refractivity contribution is -0.153. The maximum absolute atomic E-state index is 11.9. The SMILES string of the molecule is CCOC(=O)C1N=C(c2ccccc2)NC1(C)C(=O)O. The number of ether oxygens (including phenoxy) is 1. The minimum absolute atomic E-state index is 0.182. The molecule has 0 fully saturated rings. The van der Waals surface area contributed by atoms with E-state index in [4.69, 9.17) is 4.74 Å². The summed E-state index contributed by atoms with van der Waals surface area (Å²) in [4.78, 5) is 27.6. The number of carbonyl (C=O) groups is 2. The van der Waals surface area contributed by atoms with E-state index in [0.717, 1.165) is 5.56 Å². The molecule has 1 aliphatic heterocycles. The summed E-state index contributed by atoms with van der Waals surface area (Å²) < 4.78 is 4.91. The van der Waals surface area contributed by atoms with Crippen LogP contribution in [0.4, 0.5) is 0 Å². The van der Waals surface area contributed by atoms with Gasteiger partial charge in [-0.1, -0.05) is 30.3 Å². The lowest BCUT2D eigenvalue weighted by atomic mass is 9.94. The minimum Gasteiger partial charge on any atom is -0.479 e. The molecule has 20 heavy (non-hydrogen) atoms. The third-order valence-corrected chi connectivity index (χ3v) is 3.18. The summed E-state index contributed by atoms with van der Waals surface area (Å²) in [7, 11) is 0. The highest BCUT2D eigenvalue weighted by atomic mass is 16.5. The molecule has 2 unspecified atom stereocenters. The summed E-state index contributed by atoms with van der Waals surface area (Å²) in [5.41, 5.74) is -0.774. The van der Waals surface area contributed by atoms with Crippen LogP contribution < -0.4 is 5.32 Å². The van der Waals surface area contributed by atoms with Crippen LogP contribution in [0, 0.1) is 0 Å². The fourth-order valence-corrected chi connectivity index (χ4v) is 2.03. The van der Waals surface area contributed by atoms with Crippen LogP contribution in [0.15, 0.2) is 35.3 Å². The van der Waals surface area contributed by atoms with Gasteiger partial charge in [-0.05, 0) is 13.8 Å². The Labute approximate surface area is 116 Å². The molecule has 0 amide bonds. The number of nitrogens with zero attached hydrogens (tertiary/aromatic N) is 1. The average molecular weight is 276 g/mol. The Bertz CT molecular complexity index is 556. The molecule has 0 spiro atoms. The topological polar surface area (TPSA) is 88.0 Å². The summed E-state index contributed by atoms with van der Waals surface area (Å²) in [6.45, 7) is 3.28. The van der Waals surface area contributed by atoms with Crippen molar-refractivity contribution in [2.75, 3.05) is 6.61 Å². The van der Waals surface area contributed by atoms with Gasteiger partial charge in [-0.3, -0.25) is 0 Å². The van der Waals surface area contributed by atoms with Crippen molar-refractivity contribution >= 4 is 17.8 Å². The highest BCUT2D eigenvalue weighted by Crippen LogP contribution is 2.23.